The van der Waals surface area contributed by atoms with E-state index in [1.165, 1.54) is 6.08 Å². The van der Waals surface area contributed by atoms with Gasteiger partial charge in [0.2, 0.25) is 0 Å². The van der Waals surface area contributed by atoms with Gasteiger partial charge in [0.1, 0.15) is 5.41 Å². The van der Waals surface area contributed by atoms with Gasteiger partial charge in [-0.25, -0.2) is 0 Å². The van der Waals surface area contributed by atoms with Crippen LogP contribution in [-0.2, 0) is 9.59 Å². The number of allylic oxidation sites excluding steroid dienone is 1. The normalized spacial score (nSPS) is 17.2. The van der Waals surface area contributed by atoms with Crippen molar-refractivity contribution in [2.75, 3.05) is 0 Å². The van der Waals surface area contributed by atoms with Gasteiger partial charge in [0.15, 0.2) is 5.78 Å². The summed E-state index contributed by atoms with van der Waals surface area (Å²) in [5, 5.41) is 8.92. The zero-order chi connectivity index (χ0) is 11.6. The molecule has 1 aromatic carbocycles. The van der Waals surface area contributed by atoms with Gasteiger partial charge in [0.25, 0.3) is 0 Å². The number of carboxylic acid groups (broad SMARTS) is 1. The summed E-state index contributed by atoms with van der Waals surface area (Å²) < 4.78 is 0. The molecule has 1 saturated carbocycles. The van der Waals surface area contributed by atoms with Crippen molar-refractivity contribution >= 4 is 17.8 Å². The molecule has 1 aliphatic rings. The van der Waals surface area contributed by atoms with E-state index in [1.807, 2.05) is 30.3 Å². The van der Waals surface area contributed by atoms with Crippen molar-refractivity contribution in [1.82, 2.24) is 0 Å². The average Bonchev–Trinajstić information content (AvgIpc) is 3.08. The molecule has 1 N–H and O–H groups in total. The largest absolute Gasteiger partial charge is 0.480 e. The van der Waals surface area contributed by atoms with Crippen molar-refractivity contribution < 1.29 is 14.7 Å². The van der Waals surface area contributed by atoms with E-state index in [0.717, 1.165) is 5.56 Å². The van der Waals surface area contributed by atoms with Crippen LogP contribution in [0.5, 0.6) is 0 Å². The van der Waals surface area contributed by atoms with E-state index in [0.29, 0.717) is 12.8 Å². The Balaban J connectivity index is 2.09. The van der Waals surface area contributed by atoms with Crippen molar-refractivity contribution in [3.8, 4) is 0 Å². The van der Waals surface area contributed by atoms with Gasteiger partial charge in [-0.3, -0.25) is 9.59 Å². The highest BCUT2D eigenvalue weighted by Gasteiger charge is 2.55. The molecular formula is C13H12O3. The summed E-state index contributed by atoms with van der Waals surface area (Å²) in [6, 6.07) is 9.36. The number of carbonyl (C=O) groups excluding carboxylic acids is 1. The third kappa shape index (κ3) is 1.89. The van der Waals surface area contributed by atoms with Crippen LogP contribution in [0.2, 0.25) is 0 Å². The first kappa shape index (κ1) is 10.6. The molecular weight excluding hydrogens is 204 g/mol. The highest BCUT2D eigenvalue weighted by molar-refractivity contribution is 6.12. The predicted octanol–water partition coefficient (Wildman–Crippen LogP) is 2.13. The van der Waals surface area contributed by atoms with E-state index < -0.39 is 11.4 Å². The SMILES string of the molecule is O=C(O)C1(C(=O)/C=C/c2ccccc2)CC1. The van der Waals surface area contributed by atoms with Gasteiger partial charge in [-0.15, -0.1) is 0 Å². The first-order valence-corrected chi connectivity index (χ1v) is 5.16. The van der Waals surface area contributed by atoms with Crippen LogP contribution in [0.1, 0.15) is 18.4 Å². The van der Waals surface area contributed by atoms with Crippen molar-refractivity contribution in [2.24, 2.45) is 5.41 Å². The van der Waals surface area contributed by atoms with E-state index in [9.17, 15) is 9.59 Å². The molecule has 0 unspecified atom stereocenters. The number of carboxylic acids is 1. The van der Waals surface area contributed by atoms with E-state index in [2.05, 4.69) is 0 Å². The molecule has 3 nitrogen and oxygen atoms in total. The monoisotopic (exact) mass is 216 g/mol. The third-order valence-electron chi connectivity index (χ3n) is 2.86. The summed E-state index contributed by atoms with van der Waals surface area (Å²) in [4.78, 5) is 22.6. The molecule has 0 heterocycles. The molecule has 3 heteroatoms. The lowest BCUT2D eigenvalue weighted by atomic mass is 10.0. The van der Waals surface area contributed by atoms with Crippen LogP contribution >= 0.6 is 0 Å². The standard InChI is InChI=1S/C13H12O3/c14-11(13(8-9-13)12(15)16)7-6-10-4-2-1-3-5-10/h1-7H,8-9H2,(H,15,16)/b7-6+. The van der Waals surface area contributed by atoms with Gasteiger partial charge in [0, 0.05) is 0 Å². The second-order valence-electron chi connectivity index (χ2n) is 4.00. The molecule has 0 amide bonds. The highest BCUT2D eigenvalue weighted by Crippen LogP contribution is 2.47. The van der Waals surface area contributed by atoms with Crippen molar-refractivity contribution in [3.63, 3.8) is 0 Å². The van der Waals surface area contributed by atoms with Crippen LogP contribution in [0.4, 0.5) is 0 Å². The maximum atomic E-state index is 11.7. The number of hydrogen-bond donors (Lipinski definition) is 1. The Labute approximate surface area is 93.4 Å². The Kier molecular flexibility index (Phi) is 2.60. The Hall–Kier alpha value is -1.90. The number of ketones is 1. The van der Waals surface area contributed by atoms with Crippen LogP contribution < -0.4 is 0 Å². The predicted molar refractivity (Wildman–Crippen MR) is 59.8 cm³/mol. The van der Waals surface area contributed by atoms with Gasteiger partial charge in [-0.1, -0.05) is 36.4 Å². The van der Waals surface area contributed by atoms with Gasteiger partial charge >= 0.3 is 5.97 Å². The fourth-order valence-electron chi connectivity index (χ4n) is 1.59. The Morgan fingerprint density at radius 3 is 2.31 bits per heavy atom. The molecule has 1 fully saturated rings. The molecule has 1 aliphatic carbocycles. The Morgan fingerprint density at radius 1 is 1.19 bits per heavy atom. The molecule has 2 rings (SSSR count). The minimum Gasteiger partial charge on any atom is -0.480 e. The molecule has 0 atom stereocenters. The molecule has 0 aromatic heterocycles. The summed E-state index contributed by atoms with van der Waals surface area (Å²) in [6.45, 7) is 0. The number of hydrogen-bond acceptors (Lipinski definition) is 2. The average molecular weight is 216 g/mol. The smallest absolute Gasteiger partial charge is 0.317 e. The van der Waals surface area contributed by atoms with Crippen LogP contribution in [-0.4, -0.2) is 16.9 Å². The fourth-order valence-corrected chi connectivity index (χ4v) is 1.59. The van der Waals surface area contributed by atoms with Crippen LogP contribution in [0.15, 0.2) is 36.4 Å². The summed E-state index contributed by atoms with van der Waals surface area (Å²) in [5.74, 6) is -1.31. The number of aliphatic carboxylic acids is 1. The minimum absolute atomic E-state index is 0.302. The minimum atomic E-state index is -1.12. The first-order valence-electron chi connectivity index (χ1n) is 5.16. The zero-order valence-corrected chi connectivity index (χ0v) is 8.72. The summed E-state index contributed by atoms with van der Waals surface area (Å²) in [7, 11) is 0. The Morgan fingerprint density at radius 2 is 1.81 bits per heavy atom. The maximum Gasteiger partial charge on any atom is 0.317 e. The van der Waals surface area contributed by atoms with Crippen LogP contribution in [0.25, 0.3) is 6.08 Å². The number of carbonyl (C=O) groups is 2. The number of benzene rings is 1. The second kappa shape index (κ2) is 3.93. The van der Waals surface area contributed by atoms with Gasteiger partial charge in [-0.05, 0) is 24.5 Å². The molecule has 0 saturated heterocycles. The number of rotatable bonds is 4. The summed E-state index contributed by atoms with van der Waals surface area (Å²) in [5.41, 5.74) is -0.220. The lowest BCUT2D eigenvalue weighted by Crippen LogP contribution is -2.23. The lowest BCUT2D eigenvalue weighted by Gasteiger charge is -2.03. The highest BCUT2D eigenvalue weighted by atomic mass is 16.4. The fraction of sp³-hybridized carbons (Fsp3) is 0.231. The maximum absolute atomic E-state index is 11.7. The zero-order valence-electron chi connectivity index (χ0n) is 8.72. The van der Waals surface area contributed by atoms with Crippen molar-refractivity contribution in [1.29, 1.82) is 0 Å². The summed E-state index contributed by atoms with van der Waals surface area (Å²) in [6.07, 6.45) is 3.95. The van der Waals surface area contributed by atoms with Gasteiger partial charge in [0.05, 0.1) is 0 Å². The van der Waals surface area contributed by atoms with Crippen molar-refractivity contribution in [3.05, 3.63) is 42.0 Å². The third-order valence-corrected chi connectivity index (χ3v) is 2.86. The van der Waals surface area contributed by atoms with E-state index in [-0.39, 0.29) is 5.78 Å². The van der Waals surface area contributed by atoms with Crippen LogP contribution in [0.3, 0.4) is 0 Å². The van der Waals surface area contributed by atoms with Crippen LogP contribution in [0, 0.1) is 5.41 Å². The van der Waals surface area contributed by atoms with Crippen molar-refractivity contribution in [2.45, 2.75) is 12.8 Å². The first-order chi connectivity index (χ1) is 7.65. The van der Waals surface area contributed by atoms with E-state index in [1.54, 1.807) is 6.08 Å². The second-order valence-corrected chi connectivity index (χ2v) is 4.00. The molecule has 82 valence electrons. The molecule has 0 spiro atoms. The van der Waals surface area contributed by atoms with Gasteiger partial charge in [-0.2, -0.15) is 0 Å². The molecule has 1 aromatic rings. The summed E-state index contributed by atoms with van der Waals surface area (Å²) >= 11 is 0. The quantitative estimate of drug-likeness (QED) is 0.619. The van der Waals surface area contributed by atoms with E-state index >= 15 is 0 Å². The lowest BCUT2D eigenvalue weighted by molar-refractivity contribution is -0.146. The Bertz CT molecular complexity index is 442. The molecule has 0 radical (unpaired) electrons. The molecule has 0 aliphatic heterocycles. The molecule has 0 bridgehead atoms. The van der Waals surface area contributed by atoms with E-state index in [4.69, 9.17) is 5.11 Å². The topological polar surface area (TPSA) is 54.4 Å². The molecule has 16 heavy (non-hydrogen) atoms. The van der Waals surface area contributed by atoms with Gasteiger partial charge < -0.3 is 5.11 Å².